The highest BCUT2D eigenvalue weighted by Gasteiger charge is 2.04. The van der Waals surface area contributed by atoms with Crippen LogP contribution in [-0.2, 0) is 24.1 Å². The van der Waals surface area contributed by atoms with E-state index in [1.54, 1.807) is 0 Å². The summed E-state index contributed by atoms with van der Waals surface area (Å²) in [4.78, 5) is 13.5. The maximum Gasteiger partial charge on any atom is 0.238 e. The van der Waals surface area contributed by atoms with E-state index in [1.165, 1.54) is 16.8 Å². The Hall–Kier alpha value is -1.50. The summed E-state index contributed by atoms with van der Waals surface area (Å²) in [5.41, 5.74) is 12.6. The van der Waals surface area contributed by atoms with E-state index in [4.69, 9.17) is 11.6 Å². The molecule has 8 heteroatoms. The van der Waals surface area contributed by atoms with Crippen molar-refractivity contribution in [3.63, 3.8) is 0 Å². The fourth-order valence-corrected chi connectivity index (χ4v) is 2.85. The zero-order valence-electron chi connectivity index (χ0n) is 16.1. The third-order valence-electron chi connectivity index (χ3n) is 4.33. The van der Waals surface area contributed by atoms with Gasteiger partial charge in [0.2, 0.25) is 5.91 Å². The van der Waals surface area contributed by atoms with Gasteiger partial charge in [-0.15, -0.1) is 37.2 Å². The van der Waals surface area contributed by atoms with Crippen LogP contribution in [0.5, 0.6) is 0 Å². The molecule has 0 radical (unpaired) electrons. The van der Waals surface area contributed by atoms with Crippen LogP contribution < -0.4 is 21.9 Å². The van der Waals surface area contributed by atoms with Gasteiger partial charge in [-0.05, 0) is 48.6 Å². The quantitative estimate of drug-likeness (QED) is 0.312. The summed E-state index contributed by atoms with van der Waals surface area (Å²) in [6.45, 7) is 4.65. The van der Waals surface area contributed by atoms with Gasteiger partial charge in [0, 0.05) is 25.3 Å². The van der Waals surface area contributed by atoms with Crippen molar-refractivity contribution in [2.24, 2.45) is 11.6 Å². The zero-order valence-corrected chi connectivity index (χ0v) is 18.5. The molecule has 0 bridgehead atoms. The Bertz CT molecular complexity index is 666. The van der Waals surface area contributed by atoms with Gasteiger partial charge < -0.3 is 10.6 Å². The smallest absolute Gasteiger partial charge is 0.238 e. The molecular formula is C20H31Cl3N4O. The number of carbonyl (C=O) groups excluding carboxylic acids is 1. The monoisotopic (exact) mass is 448 g/mol. The normalized spacial score (nSPS) is 9.39. The summed E-state index contributed by atoms with van der Waals surface area (Å²) in [6, 6.07) is 16.8. The van der Waals surface area contributed by atoms with Gasteiger partial charge in [0.05, 0.1) is 6.42 Å². The van der Waals surface area contributed by atoms with Crippen molar-refractivity contribution in [2.45, 2.75) is 26.2 Å². The fraction of sp³-hybridized carbons (Fsp3) is 0.350. The number of rotatable bonds is 9. The van der Waals surface area contributed by atoms with E-state index in [0.29, 0.717) is 13.0 Å². The van der Waals surface area contributed by atoms with E-state index >= 15 is 0 Å². The number of nitrogens with zero attached hydrogens (tertiary/aromatic N) is 1. The Kier molecular flexibility index (Phi) is 15.8. The first-order chi connectivity index (χ1) is 12.2. The number of hydrogen-bond donors (Lipinski definition) is 3. The first-order valence-corrected chi connectivity index (χ1v) is 8.77. The number of hydrazine groups is 1. The molecule has 0 aromatic heterocycles. The summed E-state index contributed by atoms with van der Waals surface area (Å²) in [6.07, 6.45) is 2.28. The summed E-state index contributed by atoms with van der Waals surface area (Å²) < 4.78 is 0. The highest BCUT2D eigenvalue weighted by molar-refractivity contribution is 5.86. The highest BCUT2D eigenvalue weighted by Crippen LogP contribution is 2.16. The Labute approximate surface area is 186 Å². The van der Waals surface area contributed by atoms with Crippen molar-refractivity contribution >= 4 is 48.8 Å². The minimum absolute atomic E-state index is 0. The predicted molar refractivity (Wildman–Crippen MR) is 125 cm³/mol. The van der Waals surface area contributed by atoms with Gasteiger partial charge in [-0.25, -0.2) is 5.84 Å². The Balaban J connectivity index is 0. The van der Waals surface area contributed by atoms with Crippen LogP contribution in [0, 0.1) is 0 Å². The van der Waals surface area contributed by atoms with E-state index < -0.39 is 0 Å². The molecule has 5 nitrogen and oxygen atoms in total. The number of amides is 1. The average molecular weight is 450 g/mol. The second kappa shape index (κ2) is 15.4. The molecule has 2 rings (SSSR count). The molecule has 0 heterocycles. The van der Waals surface area contributed by atoms with Crippen molar-refractivity contribution in [2.75, 3.05) is 24.5 Å². The highest BCUT2D eigenvalue weighted by atomic mass is 35.5. The second-order valence-corrected chi connectivity index (χ2v) is 6.10. The lowest BCUT2D eigenvalue weighted by molar-refractivity contribution is -0.120. The maximum absolute atomic E-state index is 11.3. The van der Waals surface area contributed by atoms with Gasteiger partial charge in [-0.2, -0.15) is 0 Å². The molecule has 0 saturated carbocycles. The Morgan fingerprint density at radius 2 is 1.36 bits per heavy atom. The molecule has 0 aliphatic rings. The summed E-state index contributed by atoms with van der Waals surface area (Å²) in [5, 5.41) is 0. The maximum atomic E-state index is 11.3. The van der Waals surface area contributed by atoms with Crippen LogP contribution >= 0.6 is 37.2 Å². The average Bonchev–Trinajstić information content (AvgIpc) is 2.66. The standard InChI is InChI=1S/C20H28N4O.3ClH/c1-2-24(14-13-21)19-11-9-17(10-12-19)4-3-16-5-7-18(8-6-16)15-20(25)23-22;;;/h5-12H,2-4,13-15,21-22H2,1H3,(H,23,25);3*1H. The van der Waals surface area contributed by atoms with Gasteiger partial charge in [0.1, 0.15) is 0 Å². The molecular weight excluding hydrogens is 419 g/mol. The van der Waals surface area contributed by atoms with Gasteiger partial charge in [-0.1, -0.05) is 36.4 Å². The number of nitrogens with one attached hydrogen (secondary N) is 1. The van der Waals surface area contributed by atoms with Crippen LogP contribution in [0.4, 0.5) is 5.69 Å². The molecule has 5 N–H and O–H groups in total. The molecule has 158 valence electrons. The number of benzene rings is 2. The number of anilines is 1. The van der Waals surface area contributed by atoms with E-state index in [-0.39, 0.29) is 43.1 Å². The number of carbonyl (C=O) groups is 1. The van der Waals surface area contributed by atoms with Gasteiger partial charge >= 0.3 is 0 Å². The van der Waals surface area contributed by atoms with Crippen molar-refractivity contribution in [1.29, 1.82) is 0 Å². The molecule has 0 aliphatic heterocycles. The summed E-state index contributed by atoms with van der Waals surface area (Å²) in [7, 11) is 0. The molecule has 2 aromatic rings. The minimum atomic E-state index is -0.177. The molecule has 0 fully saturated rings. The number of aryl methyl sites for hydroxylation is 2. The Morgan fingerprint density at radius 1 is 0.893 bits per heavy atom. The van der Waals surface area contributed by atoms with E-state index in [9.17, 15) is 4.79 Å². The third-order valence-corrected chi connectivity index (χ3v) is 4.33. The van der Waals surface area contributed by atoms with Crippen LogP contribution in [0.3, 0.4) is 0 Å². The molecule has 28 heavy (non-hydrogen) atoms. The lowest BCUT2D eigenvalue weighted by Gasteiger charge is -2.22. The molecule has 2 aromatic carbocycles. The van der Waals surface area contributed by atoms with Crippen LogP contribution in [-0.4, -0.2) is 25.5 Å². The fourth-order valence-electron chi connectivity index (χ4n) is 2.85. The molecule has 0 atom stereocenters. The van der Waals surface area contributed by atoms with Gasteiger partial charge in [0.25, 0.3) is 0 Å². The second-order valence-electron chi connectivity index (χ2n) is 6.10. The lowest BCUT2D eigenvalue weighted by Crippen LogP contribution is -2.31. The zero-order chi connectivity index (χ0) is 18.1. The van der Waals surface area contributed by atoms with E-state index in [1.807, 2.05) is 12.1 Å². The molecule has 0 unspecified atom stereocenters. The van der Waals surface area contributed by atoms with E-state index in [2.05, 4.69) is 53.6 Å². The summed E-state index contributed by atoms with van der Waals surface area (Å²) >= 11 is 0. The number of halogens is 3. The Morgan fingerprint density at radius 3 is 1.79 bits per heavy atom. The third kappa shape index (κ3) is 9.13. The number of likely N-dealkylation sites (N-methyl/N-ethyl adjacent to an activating group) is 1. The predicted octanol–water partition coefficient (Wildman–Crippen LogP) is 3.05. The van der Waals surface area contributed by atoms with Crippen molar-refractivity contribution in [3.05, 3.63) is 65.2 Å². The molecule has 1 amide bonds. The molecule has 0 saturated heterocycles. The largest absolute Gasteiger partial charge is 0.371 e. The van der Waals surface area contributed by atoms with Crippen molar-refractivity contribution < 1.29 is 4.79 Å². The van der Waals surface area contributed by atoms with Crippen LogP contribution in [0.15, 0.2) is 48.5 Å². The van der Waals surface area contributed by atoms with Gasteiger partial charge in [-0.3, -0.25) is 10.2 Å². The minimum Gasteiger partial charge on any atom is -0.371 e. The van der Waals surface area contributed by atoms with Crippen molar-refractivity contribution in [1.82, 2.24) is 5.43 Å². The topological polar surface area (TPSA) is 84.4 Å². The van der Waals surface area contributed by atoms with Crippen molar-refractivity contribution in [3.8, 4) is 0 Å². The molecule has 0 aliphatic carbocycles. The van der Waals surface area contributed by atoms with Crippen LogP contribution in [0.25, 0.3) is 0 Å². The van der Waals surface area contributed by atoms with E-state index in [0.717, 1.165) is 31.5 Å². The molecule has 0 spiro atoms. The van der Waals surface area contributed by atoms with Crippen LogP contribution in [0.2, 0.25) is 0 Å². The first-order valence-electron chi connectivity index (χ1n) is 8.77. The number of nitrogens with two attached hydrogens (primary N) is 2. The number of hydrogen-bond acceptors (Lipinski definition) is 4. The lowest BCUT2D eigenvalue weighted by atomic mass is 10.0. The SMILES string of the molecule is CCN(CCN)c1ccc(CCc2ccc(CC(=O)NN)cc2)cc1.Cl.Cl.Cl. The summed E-state index contributed by atoms with van der Waals surface area (Å²) in [5.74, 6) is 4.93. The first kappa shape index (κ1) is 28.7. The van der Waals surface area contributed by atoms with Crippen LogP contribution in [0.1, 0.15) is 23.6 Å². The van der Waals surface area contributed by atoms with Gasteiger partial charge in [0.15, 0.2) is 0 Å².